The molecule has 0 bridgehead atoms. The molecule has 4 nitrogen and oxygen atoms in total. The zero-order chi connectivity index (χ0) is 13.0. The van der Waals surface area contributed by atoms with Gasteiger partial charge < -0.3 is 11.5 Å². The minimum Gasteiger partial charge on any atom is -0.384 e. The van der Waals surface area contributed by atoms with Gasteiger partial charge in [0.05, 0.1) is 0 Å². The number of anilines is 1. The third-order valence-electron chi connectivity index (χ3n) is 2.72. The first kappa shape index (κ1) is 12.3. The molecular weight excluding hydrogens is 226 g/mol. The van der Waals surface area contributed by atoms with Crippen molar-refractivity contribution < 1.29 is 4.79 Å². The van der Waals surface area contributed by atoms with Gasteiger partial charge in [0.2, 0.25) is 0 Å². The van der Waals surface area contributed by atoms with Crippen molar-refractivity contribution in [3.05, 3.63) is 59.3 Å². The van der Waals surface area contributed by atoms with E-state index in [9.17, 15) is 4.79 Å². The fraction of sp³-hybridized carbons (Fsp3) is 0.143. The van der Waals surface area contributed by atoms with Crippen molar-refractivity contribution in [1.82, 2.24) is 4.98 Å². The van der Waals surface area contributed by atoms with Gasteiger partial charge in [0.25, 0.3) is 0 Å². The molecule has 4 heteroatoms. The standard InChI is InChI=1S/C14H15N3O/c15-9-10-1-3-12(4-2-10)13(18)7-11-5-6-17-14(16)8-11/h1-6,8H,7,9,15H2,(H2,16,17). The number of aromatic nitrogens is 1. The summed E-state index contributed by atoms with van der Waals surface area (Å²) in [6.07, 6.45) is 1.93. The summed E-state index contributed by atoms with van der Waals surface area (Å²) in [5.41, 5.74) is 13.7. The second-order valence-corrected chi connectivity index (χ2v) is 4.09. The van der Waals surface area contributed by atoms with E-state index in [2.05, 4.69) is 4.98 Å². The van der Waals surface area contributed by atoms with Crippen molar-refractivity contribution in [3.63, 3.8) is 0 Å². The average molecular weight is 241 g/mol. The van der Waals surface area contributed by atoms with Crippen molar-refractivity contribution in [2.75, 3.05) is 5.73 Å². The minimum absolute atomic E-state index is 0.0594. The molecule has 0 spiro atoms. The van der Waals surface area contributed by atoms with Gasteiger partial charge in [-0.25, -0.2) is 4.98 Å². The second kappa shape index (κ2) is 5.42. The number of Topliss-reactive ketones (excluding diaryl/α,β-unsaturated/α-hetero) is 1. The number of hydrogen-bond acceptors (Lipinski definition) is 4. The highest BCUT2D eigenvalue weighted by molar-refractivity contribution is 5.97. The van der Waals surface area contributed by atoms with Gasteiger partial charge in [0.1, 0.15) is 5.82 Å². The smallest absolute Gasteiger partial charge is 0.167 e. The predicted octanol–water partition coefficient (Wildman–Crippen LogP) is 1.55. The minimum atomic E-state index is 0.0594. The predicted molar refractivity (Wildman–Crippen MR) is 71.0 cm³/mol. The van der Waals surface area contributed by atoms with E-state index < -0.39 is 0 Å². The van der Waals surface area contributed by atoms with Gasteiger partial charge in [0.15, 0.2) is 5.78 Å². The SMILES string of the molecule is NCc1ccc(C(=O)Cc2ccnc(N)c2)cc1. The number of ketones is 1. The van der Waals surface area contributed by atoms with E-state index in [1.54, 1.807) is 30.5 Å². The average Bonchev–Trinajstić information content (AvgIpc) is 2.39. The highest BCUT2D eigenvalue weighted by Crippen LogP contribution is 2.10. The van der Waals surface area contributed by atoms with Crippen LogP contribution < -0.4 is 11.5 Å². The molecule has 18 heavy (non-hydrogen) atoms. The molecule has 1 aromatic heterocycles. The van der Waals surface area contributed by atoms with E-state index in [0.717, 1.165) is 11.1 Å². The largest absolute Gasteiger partial charge is 0.384 e. The van der Waals surface area contributed by atoms with E-state index in [0.29, 0.717) is 24.3 Å². The first-order valence-corrected chi connectivity index (χ1v) is 5.71. The van der Waals surface area contributed by atoms with Gasteiger partial charge >= 0.3 is 0 Å². The summed E-state index contributed by atoms with van der Waals surface area (Å²) >= 11 is 0. The van der Waals surface area contributed by atoms with Crippen LogP contribution in [0.3, 0.4) is 0 Å². The Bertz CT molecular complexity index is 549. The number of nitrogen functional groups attached to an aromatic ring is 1. The van der Waals surface area contributed by atoms with E-state index in [1.807, 2.05) is 12.1 Å². The van der Waals surface area contributed by atoms with Gasteiger partial charge in [-0.1, -0.05) is 24.3 Å². The lowest BCUT2D eigenvalue weighted by Gasteiger charge is -2.03. The Morgan fingerprint density at radius 3 is 2.44 bits per heavy atom. The number of nitrogens with zero attached hydrogens (tertiary/aromatic N) is 1. The molecule has 0 radical (unpaired) electrons. The van der Waals surface area contributed by atoms with Gasteiger partial charge in [-0.05, 0) is 23.3 Å². The van der Waals surface area contributed by atoms with Crippen molar-refractivity contribution in [1.29, 1.82) is 0 Å². The highest BCUT2D eigenvalue weighted by atomic mass is 16.1. The van der Waals surface area contributed by atoms with Crippen LogP contribution in [-0.2, 0) is 13.0 Å². The summed E-state index contributed by atoms with van der Waals surface area (Å²) in [5, 5.41) is 0. The van der Waals surface area contributed by atoms with Crippen LogP contribution >= 0.6 is 0 Å². The first-order valence-electron chi connectivity index (χ1n) is 5.71. The summed E-state index contributed by atoms with van der Waals surface area (Å²) in [7, 11) is 0. The van der Waals surface area contributed by atoms with Gasteiger partial charge in [-0.3, -0.25) is 4.79 Å². The number of carbonyl (C=O) groups excluding carboxylic acids is 1. The fourth-order valence-electron chi connectivity index (χ4n) is 1.72. The number of pyridine rings is 1. The summed E-state index contributed by atoms with van der Waals surface area (Å²) < 4.78 is 0. The lowest BCUT2D eigenvalue weighted by atomic mass is 10.0. The van der Waals surface area contributed by atoms with Crippen molar-refractivity contribution in [2.45, 2.75) is 13.0 Å². The number of benzene rings is 1. The van der Waals surface area contributed by atoms with Gasteiger partial charge in [-0.2, -0.15) is 0 Å². The maximum Gasteiger partial charge on any atom is 0.167 e. The normalized spacial score (nSPS) is 10.3. The molecule has 0 amide bonds. The van der Waals surface area contributed by atoms with Crippen LogP contribution in [0.1, 0.15) is 21.5 Å². The molecule has 0 aliphatic rings. The fourth-order valence-corrected chi connectivity index (χ4v) is 1.72. The number of carbonyl (C=O) groups is 1. The monoisotopic (exact) mass is 241 g/mol. The van der Waals surface area contributed by atoms with Crippen LogP contribution in [0.25, 0.3) is 0 Å². The third kappa shape index (κ3) is 2.93. The molecule has 0 saturated carbocycles. The van der Waals surface area contributed by atoms with Crippen molar-refractivity contribution in [3.8, 4) is 0 Å². The van der Waals surface area contributed by atoms with Crippen LogP contribution in [0, 0.1) is 0 Å². The van der Waals surface area contributed by atoms with E-state index >= 15 is 0 Å². The zero-order valence-corrected chi connectivity index (χ0v) is 9.97. The molecule has 0 saturated heterocycles. The maximum absolute atomic E-state index is 12.0. The van der Waals surface area contributed by atoms with Crippen molar-refractivity contribution in [2.24, 2.45) is 5.73 Å². The summed E-state index contributed by atoms with van der Waals surface area (Å²) in [4.78, 5) is 15.9. The Labute approximate surface area is 106 Å². The number of hydrogen-bond donors (Lipinski definition) is 2. The third-order valence-corrected chi connectivity index (χ3v) is 2.72. The van der Waals surface area contributed by atoms with Crippen molar-refractivity contribution >= 4 is 11.6 Å². The molecule has 0 unspecified atom stereocenters. The van der Waals surface area contributed by atoms with E-state index in [1.165, 1.54) is 0 Å². The quantitative estimate of drug-likeness (QED) is 0.796. The lowest BCUT2D eigenvalue weighted by molar-refractivity contribution is 0.0993. The first-order chi connectivity index (χ1) is 8.69. The van der Waals surface area contributed by atoms with Gasteiger partial charge in [-0.15, -0.1) is 0 Å². The number of rotatable bonds is 4. The Kier molecular flexibility index (Phi) is 3.69. The van der Waals surface area contributed by atoms with Crippen LogP contribution in [0.5, 0.6) is 0 Å². The molecule has 0 fully saturated rings. The van der Waals surface area contributed by atoms with Gasteiger partial charge in [0, 0.05) is 24.7 Å². The topological polar surface area (TPSA) is 82.0 Å². The molecule has 2 rings (SSSR count). The maximum atomic E-state index is 12.0. The van der Waals surface area contributed by atoms with E-state index in [4.69, 9.17) is 11.5 Å². The molecule has 2 aromatic rings. The zero-order valence-electron chi connectivity index (χ0n) is 9.97. The molecule has 0 aliphatic carbocycles. The highest BCUT2D eigenvalue weighted by Gasteiger charge is 2.07. The molecule has 1 heterocycles. The Hall–Kier alpha value is -2.20. The molecular formula is C14H15N3O. The van der Waals surface area contributed by atoms with Crippen LogP contribution in [0.2, 0.25) is 0 Å². The Balaban J connectivity index is 2.11. The number of nitrogens with two attached hydrogens (primary N) is 2. The summed E-state index contributed by atoms with van der Waals surface area (Å²) in [6, 6.07) is 10.8. The van der Waals surface area contributed by atoms with Crippen LogP contribution in [-0.4, -0.2) is 10.8 Å². The van der Waals surface area contributed by atoms with Crippen LogP contribution in [0.4, 0.5) is 5.82 Å². The lowest BCUT2D eigenvalue weighted by Crippen LogP contribution is -2.05. The molecule has 0 atom stereocenters. The summed E-state index contributed by atoms with van der Waals surface area (Å²) in [5.74, 6) is 0.489. The molecule has 0 aliphatic heterocycles. The Morgan fingerprint density at radius 2 is 1.83 bits per heavy atom. The summed E-state index contributed by atoms with van der Waals surface area (Å²) in [6.45, 7) is 0.482. The Morgan fingerprint density at radius 1 is 1.11 bits per heavy atom. The molecule has 1 aromatic carbocycles. The second-order valence-electron chi connectivity index (χ2n) is 4.09. The van der Waals surface area contributed by atoms with E-state index in [-0.39, 0.29) is 5.78 Å². The molecule has 92 valence electrons. The molecule has 4 N–H and O–H groups in total. The van der Waals surface area contributed by atoms with Crippen LogP contribution in [0.15, 0.2) is 42.6 Å².